The number of aryl methyl sites for hydroxylation is 1. The summed E-state index contributed by atoms with van der Waals surface area (Å²) >= 11 is 0. The lowest BCUT2D eigenvalue weighted by atomic mass is 9.92. The number of hydrogen-bond acceptors (Lipinski definition) is 6. The molecule has 7 nitrogen and oxygen atoms in total. The first kappa shape index (κ1) is 16.1. The van der Waals surface area contributed by atoms with Crippen LogP contribution in [0.5, 0.6) is 0 Å². The Balaban J connectivity index is 1.39. The minimum absolute atomic E-state index is 0.104. The second kappa shape index (κ2) is 6.57. The van der Waals surface area contributed by atoms with Gasteiger partial charge in [0.25, 0.3) is 5.91 Å². The monoisotopic (exact) mass is 361 g/mol. The van der Waals surface area contributed by atoms with Crippen LogP contribution in [0.2, 0.25) is 0 Å². The summed E-state index contributed by atoms with van der Waals surface area (Å²) in [5.74, 6) is 1.55. The Morgan fingerprint density at radius 1 is 1.19 bits per heavy atom. The maximum Gasteiger partial charge on any atom is 0.274 e. The molecule has 136 valence electrons. The molecule has 3 heterocycles. The molecular weight excluding hydrogens is 342 g/mol. The van der Waals surface area contributed by atoms with E-state index in [1.54, 1.807) is 12.4 Å². The molecule has 0 aliphatic heterocycles. The molecule has 1 amide bonds. The number of pyridine rings is 1. The van der Waals surface area contributed by atoms with Crippen molar-refractivity contribution in [2.45, 2.75) is 44.1 Å². The normalized spacial score (nSPS) is 18.7. The maximum absolute atomic E-state index is 12.7. The summed E-state index contributed by atoms with van der Waals surface area (Å²) < 4.78 is 5.43. The lowest BCUT2D eigenvalue weighted by Gasteiger charge is -2.25. The summed E-state index contributed by atoms with van der Waals surface area (Å²) in [5.41, 5.74) is 3.28. The largest absolute Gasteiger partial charge is 0.447 e. The SMILES string of the molecule is O=C(NC1CCCc2nc(-c3cccnc3)ncc21)c1ncoc1C1CC1. The molecule has 3 aromatic rings. The van der Waals surface area contributed by atoms with E-state index in [9.17, 15) is 4.79 Å². The summed E-state index contributed by atoms with van der Waals surface area (Å²) in [4.78, 5) is 30.2. The average Bonchev–Trinajstić information content (AvgIpc) is 3.44. The number of carbonyl (C=O) groups is 1. The van der Waals surface area contributed by atoms with Gasteiger partial charge in [-0.05, 0) is 44.2 Å². The molecule has 0 aromatic carbocycles. The van der Waals surface area contributed by atoms with Gasteiger partial charge in [0, 0.05) is 41.3 Å². The van der Waals surface area contributed by atoms with Gasteiger partial charge in [0.2, 0.25) is 0 Å². The van der Waals surface area contributed by atoms with Crippen LogP contribution in [0.25, 0.3) is 11.4 Å². The minimum atomic E-state index is -0.181. The second-order valence-corrected chi connectivity index (χ2v) is 7.10. The predicted molar refractivity (Wildman–Crippen MR) is 96.9 cm³/mol. The van der Waals surface area contributed by atoms with Gasteiger partial charge in [-0.3, -0.25) is 9.78 Å². The van der Waals surface area contributed by atoms with Crippen molar-refractivity contribution in [1.29, 1.82) is 0 Å². The third-order valence-electron chi connectivity index (χ3n) is 5.16. The molecule has 3 aromatic heterocycles. The quantitative estimate of drug-likeness (QED) is 0.767. The van der Waals surface area contributed by atoms with Gasteiger partial charge < -0.3 is 9.73 Å². The van der Waals surface area contributed by atoms with Crippen LogP contribution in [0.4, 0.5) is 0 Å². The highest BCUT2D eigenvalue weighted by atomic mass is 16.3. The zero-order valence-corrected chi connectivity index (χ0v) is 14.8. The fraction of sp³-hybridized carbons (Fsp3) is 0.350. The highest BCUT2D eigenvalue weighted by Gasteiger charge is 2.33. The molecule has 27 heavy (non-hydrogen) atoms. The average molecular weight is 361 g/mol. The minimum Gasteiger partial charge on any atom is -0.447 e. The topological polar surface area (TPSA) is 93.8 Å². The van der Waals surface area contributed by atoms with E-state index in [1.807, 2.05) is 18.3 Å². The summed E-state index contributed by atoms with van der Waals surface area (Å²) in [5, 5.41) is 3.11. The number of nitrogens with one attached hydrogen (secondary N) is 1. The Bertz CT molecular complexity index is 981. The van der Waals surface area contributed by atoms with Crippen molar-refractivity contribution >= 4 is 5.91 Å². The summed E-state index contributed by atoms with van der Waals surface area (Å²) in [7, 11) is 0. The summed E-state index contributed by atoms with van der Waals surface area (Å²) in [6.07, 6.45) is 11.5. The number of rotatable bonds is 4. The van der Waals surface area contributed by atoms with E-state index in [0.29, 0.717) is 23.2 Å². The summed E-state index contributed by atoms with van der Waals surface area (Å²) in [6.45, 7) is 0. The van der Waals surface area contributed by atoms with Crippen molar-refractivity contribution < 1.29 is 9.21 Å². The summed E-state index contributed by atoms with van der Waals surface area (Å²) in [6, 6.07) is 3.71. The lowest BCUT2D eigenvalue weighted by molar-refractivity contribution is 0.0926. The second-order valence-electron chi connectivity index (χ2n) is 7.10. The molecule has 2 aliphatic carbocycles. The Hall–Kier alpha value is -3.09. The molecule has 0 radical (unpaired) electrons. The fourth-order valence-electron chi connectivity index (χ4n) is 3.62. The number of nitrogens with zero attached hydrogens (tertiary/aromatic N) is 4. The van der Waals surface area contributed by atoms with Gasteiger partial charge in [-0.2, -0.15) is 0 Å². The van der Waals surface area contributed by atoms with E-state index >= 15 is 0 Å². The molecule has 2 aliphatic rings. The molecule has 1 saturated carbocycles. The first-order valence-electron chi connectivity index (χ1n) is 9.30. The van der Waals surface area contributed by atoms with Gasteiger partial charge in [0.05, 0.1) is 6.04 Å². The maximum atomic E-state index is 12.7. The van der Waals surface area contributed by atoms with Crippen LogP contribution in [0.3, 0.4) is 0 Å². The van der Waals surface area contributed by atoms with Crippen LogP contribution in [0, 0.1) is 0 Å². The van der Waals surface area contributed by atoms with Gasteiger partial charge in [0.15, 0.2) is 17.9 Å². The van der Waals surface area contributed by atoms with Crippen LogP contribution >= 0.6 is 0 Å². The Morgan fingerprint density at radius 3 is 2.93 bits per heavy atom. The molecule has 7 heteroatoms. The molecule has 1 unspecified atom stereocenters. The zero-order valence-electron chi connectivity index (χ0n) is 14.8. The highest BCUT2D eigenvalue weighted by Crippen LogP contribution is 2.41. The Kier molecular flexibility index (Phi) is 3.92. The first-order chi connectivity index (χ1) is 13.3. The third kappa shape index (κ3) is 3.09. The van der Waals surface area contributed by atoms with Crippen LogP contribution in [-0.4, -0.2) is 25.8 Å². The number of fused-ring (bicyclic) bond motifs is 1. The molecule has 0 saturated heterocycles. The van der Waals surface area contributed by atoms with Crippen molar-refractivity contribution in [3.8, 4) is 11.4 Å². The number of aromatic nitrogens is 4. The van der Waals surface area contributed by atoms with Crippen LogP contribution in [-0.2, 0) is 6.42 Å². The Morgan fingerprint density at radius 2 is 2.11 bits per heavy atom. The van der Waals surface area contributed by atoms with Gasteiger partial charge in [-0.25, -0.2) is 15.0 Å². The van der Waals surface area contributed by atoms with E-state index in [-0.39, 0.29) is 11.9 Å². The molecule has 0 spiro atoms. The van der Waals surface area contributed by atoms with E-state index < -0.39 is 0 Å². The number of amides is 1. The van der Waals surface area contributed by atoms with Gasteiger partial charge in [-0.1, -0.05) is 0 Å². The molecule has 0 bridgehead atoms. The van der Waals surface area contributed by atoms with E-state index in [1.165, 1.54) is 6.39 Å². The Labute approximate surface area is 156 Å². The standard InChI is InChI=1S/C20H19N5O2/c26-20(17-18(12-6-7-12)27-11-23-17)25-16-5-1-4-15-14(16)10-22-19(24-15)13-3-2-8-21-9-13/h2-3,8-12,16H,1,4-7H2,(H,25,26). The lowest BCUT2D eigenvalue weighted by Crippen LogP contribution is -2.32. The van der Waals surface area contributed by atoms with E-state index in [2.05, 4.69) is 20.3 Å². The van der Waals surface area contributed by atoms with Crippen molar-refractivity contribution in [2.24, 2.45) is 0 Å². The van der Waals surface area contributed by atoms with Crippen molar-refractivity contribution in [1.82, 2.24) is 25.3 Å². The van der Waals surface area contributed by atoms with Crippen molar-refractivity contribution in [2.75, 3.05) is 0 Å². The van der Waals surface area contributed by atoms with Crippen LogP contribution in [0.15, 0.2) is 41.5 Å². The van der Waals surface area contributed by atoms with Crippen molar-refractivity contribution in [3.63, 3.8) is 0 Å². The van der Waals surface area contributed by atoms with Gasteiger partial charge >= 0.3 is 0 Å². The molecule has 1 atom stereocenters. The van der Waals surface area contributed by atoms with Crippen LogP contribution in [0.1, 0.15) is 65.1 Å². The highest BCUT2D eigenvalue weighted by molar-refractivity contribution is 5.93. The first-order valence-corrected chi connectivity index (χ1v) is 9.30. The van der Waals surface area contributed by atoms with Crippen molar-refractivity contribution in [3.05, 3.63) is 59.8 Å². The van der Waals surface area contributed by atoms with Gasteiger partial charge in [-0.15, -0.1) is 0 Å². The van der Waals surface area contributed by atoms with Crippen LogP contribution < -0.4 is 5.32 Å². The number of hydrogen-bond donors (Lipinski definition) is 1. The zero-order chi connectivity index (χ0) is 18.2. The predicted octanol–water partition coefficient (Wildman–Crippen LogP) is 3.21. The number of carbonyl (C=O) groups excluding carboxylic acids is 1. The molecular formula is C20H19N5O2. The smallest absolute Gasteiger partial charge is 0.274 e. The third-order valence-corrected chi connectivity index (χ3v) is 5.16. The molecule has 1 fully saturated rings. The van der Waals surface area contributed by atoms with E-state index in [4.69, 9.17) is 9.40 Å². The molecule has 1 N–H and O–H groups in total. The van der Waals surface area contributed by atoms with Gasteiger partial charge in [0.1, 0.15) is 5.76 Å². The number of oxazole rings is 1. The fourth-order valence-corrected chi connectivity index (χ4v) is 3.62. The van der Waals surface area contributed by atoms with E-state index in [0.717, 1.165) is 48.9 Å². The molecule has 5 rings (SSSR count).